The number of methoxy groups -OCH3 is 1. The van der Waals surface area contributed by atoms with E-state index in [0.29, 0.717) is 5.52 Å². The molecule has 3 aromatic rings. The van der Waals surface area contributed by atoms with E-state index in [-0.39, 0.29) is 17.9 Å². The fourth-order valence-corrected chi connectivity index (χ4v) is 1.73. The lowest BCUT2D eigenvalue weighted by atomic mass is 10.4. The molecule has 0 unspecified atom stereocenters. The van der Waals surface area contributed by atoms with E-state index in [1.165, 1.54) is 24.1 Å². The van der Waals surface area contributed by atoms with E-state index >= 15 is 0 Å². The van der Waals surface area contributed by atoms with Crippen LogP contribution in [-0.2, 0) is 9.53 Å². The topological polar surface area (TPSA) is 116 Å². The lowest BCUT2D eigenvalue weighted by Gasteiger charge is -2.08. The Morgan fingerprint density at radius 1 is 1.45 bits per heavy atom. The highest BCUT2D eigenvalue weighted by atomic mass is 16.5. The maximum Gasteiger partial charge on any atom is 0.299 e. The zero-order chi connectivity index (χ0) is 14.1. The number of rotatable bonds is 3. The zero-order valence-corrected chi connectivity index (χ0v) is 10.3. The van der Waals surface area contributed by atoms with Crippen LogP contribution in [0.15, 0.2) is 23.4 Å². The van der Waals surface area contributed by atoms with Gasteiger partial charge in [-0.05, 0) is 6.07 Å². The normalized spacial score (nSPS) is 11.1. The van der Waals surface area contributed by atoms with Crippen LogP contribution >= 0.6 is 0 Å². The monoisotopic (exact) mass is 275 g/mol. The molecule has 0 saturated carbocycles. The van der Waals surface area contributed by atoms with Gasteiger partial charge < -0.3 is 4.74 Å². The number of amides is 1. The Kier molecular flexibility index (Phi) is 2.84. The summed E-state index contributed by atoms with van der Waals surface area (Å²) in [4.78, 5) is 27.5. The third-order valence-corrected chi connectivity index (χ3v) is 2.56. The molecule has 0 bridgehead atoms. The van der Waals surface area contributed by atoms with Crippen LogP contribution in [0.1, 0.15) is 0 Å². The van der Waals surface area contributed by atoms with E-state index in [9.17, 15) is 9.59 Å². The Hall–Kier alpha value is -2.88. The fourth-order valence-electron chi connectivity index (χ4n) is 1.73. The van der Waals surface area contributed by atoms with E-state index in [1.807, 2.05) is 0 Å². The number of ether oxygens (including phenoxy) is 1. The second-order valence-corrected chi connectivity index (χ2v) is 3.86. The molecule has 3 heterocycles. The molecule has 3 aromatic heterocycles. The van der Waals surface area contributed by atoms with Crippen molar-refractivity contribution in [2.75, 3.05) is 19.1 Å². The molecule has 0 saturated heterocycles. The SMILES string of the molecule is COCC(=O)Nn1ccc2c(nnc3ncnn32)c1=O. The first-order chi connectivity index (χ1) is 9.70. The van der Waals surface area contributed by atoms with Crippen LogP contribution < -0.4 is 11.0 Å². The summed E-state index contributed by atoms with van der Waals surface area (Å²) in [5.74, 6) is -0.165. The van der Waals surface area contributed by atoms with E-state index in [4.69, 9.17) is 0 Å². The van der Waals surface area contributed by atoms with Crippen molar-refractivity contribution in [2.24, 2.45) is 0 Å². The number of carbonyl (C=O) groups is 1. The van der Waals surface area contributed by atoms with E-state index in [0.717, 1.165) is 4.68 Å². The molecule has 0 aliphatic heterocycles. The Labute approximate surface area is 111 Å². The molecule has 10 heteroatoms. The Morgan fingerprint density at radius 2 is 2.30 bits per heavy atom. The van der Waals surface area contributed by atoms with Gasteiger partial charge in [0.25, 0.3) is 17.2 Å². The van der Waals surface area contributed by atoms with Gasteiger partial charge in [0.15, 0.2) is 5.52 Å². The van der Waals surface area contributed by atoms with Crippen molar-refractivity contribution in [3.8, 4) is 0 Å². The first kappa shape index (κ1) is 12.2. The number of pyridine rings is 1. The van der Waals surface area contributed by atoms with Gasteiger partial charge in [-0.15, -0.1) is 10.2 Å². The lowest BCUT2D eigenvalue weighted by Crippen LogP contribution is -2.35. The third kappa shape index (κ3) is 1.87. The molecule has 0 fully saturated rings. The van der Waals surface area contributed by atoms with E-state index < -0.39 is 11.5 Å². The predicted octanol–water partition coefficient (Wildman–Crippen LogP) is -1.45. The molecule has 3 rings (SSSR count). The van der Waals surface area contributed by atoms with Crippen LogP contribution in [0, 0.1) is 0 Å². The average molecular weight is 275 g/mol. The molecule has 0 atom stereocenters. The minimum absolute atomic E-state index is 0.0724. The number of carbonyl (C=O) groups excluding carboxylic acids is 1. The highest BCUT2D eigenvalue weighted by Crippen LogP contribution is 2.05. The number of nitrogens with one attached hydrogen (secondary N) is 1. The van der Waals surface area contributed by atoms with Crippen LogP contribution in [0.3, 0.4) is 0 Å². The maximum absolute atomic E-state index is 12.2. The van der Waals surface area contributed by atoms with E-state index in [1.54, 1.807) is 6.07 Å². The molecule has 1 amide bonds. The summed E-state index contributed by atoms with van der Waals surface area (Å²) in [6.07, 6.45) is 2.72. The van der Waals surface area contributed by atoms with Crippen molar-refractivity contribution in [1.29, 1.82) is 0 Å². The second kappa shape index (κ2) is 4.66. The predicted molar refractivity (Wildman–Crippen MR) is 66.6 cm³/mol. The first-order valence-electron chi connectivity index (χ1n) is 5.57. The Bertz CT molecular complexity index is 853. The van der Waals surface area contributed by atoms with Gasteiger partial charge in [-0.3, -0.25) is 15.0 Å². The maximum atomic E-state index is 12.2. The van der Waals surface area contributed by atoms with Gasteiger partial charge >= 0.3 is 0 Å². The van der Waals surface area contributed by atoms with Crippen LogP contribution in [0.4, 0.5) is 0 Å². The largest absolute Gasteiger partial charge is 0.375 e. The summed E-state index contributed by atoms with van der Waals surface area (Å²) < 4.78 is 7.08. The number of aromatic nitrogens is 6. The van der Waals surface area contributed by atoms with Crippen LogP contribution in [-0.4, -0.2) is 49.1 Å². The highest BCUT2D eigenvalue weighted by molar-refractivity contribution is 5.85. The summed E-state index contributed by atoms with van der Waals surface area (Å²) in [5.41, 5.74) is 2.38. The fraction of sp³-hybridized carbons (Fsp3) is 0.200. The van der Waals surface area contributed by atoms with Crippen LogP contribution in [0.5, 0.6) is 0 Å². The number of hydrogen-bond acceptors (Lipinski definition) is 7. The van der Waals surface area contributed by atoms with Gasteiger partial charge in [0.2, 0.25) is 0 Å². The summed E-state index contributed by atoms with van der Waals surface area (Å²) in [5, 5.41) is 11.5. The number of nitrogens with zero attached hydrogens (tertiary/aromatic N) is 6. The van der Waals surface area contributed by atoms with Crippen molar-refractivity contribution in [3.05, 3.63) is 28.9 Å². The Morgan fingerprint density at radius 3 is 3.10 bits per heavy atom. The minimum atomic E-state index is -0.517. The van der Waals surface area contributed by atoms with Crippen molar-refractivity contribution < 1.29 is 9.53 Å². The minimum Gasteiger partial charge on any atom is -0.375 e. The number of hydrogen-bond donors (Lipinski definition) is 1. The van der Waals surface area contributed by atoms with E-state index in [2.05, 4.69) is 30.4 Å². The van der Waals surface area contributed by atoms with Gasteiger partial charge in [-0.2, -0.15) is 14.6 Å². The first-order valence-corrected chi connectivity index (χ1v) is 5.57. The molecule has 1 N–H and O–H groups in total. The molecular weight excluding hydrogens is 266 g/mol. The lowest BCUT2D eigenvalue weighted by molar-refractivity contribution is -0.120. The molecule has 20 heavy (non-hydrogen) atoms. The third-order valence-electron chi connectivity index (χ3n) is 2.56. The standard InChI is InChI=1S/C10H9N7O3/c1-20-4-7(18)15-16-3-2-6-8(9(16)19)13-14-10-11-5-12-17(6)10/h2-3,5H,4H2,1H3,(H,15,18). The molecule has 0 spiro atoms. The molecule has 0 aliphatic carbocycles. The summed E-state index contributed by atoms with van der Waals surface area (Å²) in [6.45, 7) is -0.154. The number of fused-ring (bicyclic) bond motifs is 3. The molecule has 0 aromatic carbocycles. The van der Waals surface area contributed by atoms with Crippen LogP contribution in [0.2, 0.25) is 0 Å². The van der Waals surface area contributed by atoms with Crippen LogP contribution in [0.25, 0.3) is 16.8 Å². The summed E-state index contributed by atoms with van der Waals surface area (Å²) in [7, 11) is 1.38. The molecule has 0 aliphatic rings. The summed E-state index contributed by atoms with van der Waals surface area (Å²) >= 11 is 0. The zero-order valence-electron chi connectivity index (χ0n) is 10.3. The highest BCUT2D eigenvalue weighted by Gasteiger charge is 2.11. The van der Waals surface area contributed by atoms with Gasteiger partial charge in [0, 0.05) is 13.3 Å². The van der Waals surface area contributed by atoms with Gasteiger partial charge in [0.05, 0.1) is 0 Å². The summed E-state index contributed by atoms with van der Waals surface area (Å²) in [6, 6.07) is 1.58. The van der Waals surface area contributed by atoms with Gasteiger partial charge in [-0.25, -0.2) is 4.68 Å². The quantitative estimate of drug-likeness (QED) is 0.621. The van der Waals surface area contributed by atoms with Crippen molar-refractivity contribution in [1.82, 2.24) is 29.5 Å². The molecular formula is C10H9N7O3. The van der Waals surface area contributed by atoms with Crippen molar-refractivity contribution >= 4 is 22.7 Å². The van der Waals surface area contributed by atoms with Crippen molar-refractivity contribution in [3.63, 3.8) is 0 Å². The molecule has 0 radical (unpaired) electrons. The van der Waals surface area contributed by atoms with Crippen molar-refractivity contribution in [2.45, 2.75) is 0 Å². The smallest absolute Gasteiger partial charge is 0.299 e. The Balaban J connectivity index is 2.13. The van der Waals surface area contributed by atoms with Gasteiger partial charge in [-0.1, -0.05) is 0 Å². The van der Waals surface area contributed by atoms with Gasteiger partial charge in [0.1, 0.15) is 18.5 Å². The molecule has 10 nitrogen and oxygen atoms in total. The average Bonchev–Trinajstić information content (AvgIpc) is 2.90. The second-order valence-electron chi connectivity index (χ2n) is 3.86. The molecule has 102 valence electrons.